The zero-order valence-corrected chi connectivity index (χ0v) is 11.7. The van der Waals surface area contributed by atoms with Gasteiger partial charge in [0.1, 0.15) is 11.0 Å². The molecule has 2 aliphatic heterocycles. The van der Waals surface area contributed by atoms with E-state index in [0.29, 0.717) is 0 Å². The van der Waals surface area contributed by atoms with Crippen LogP contribution in [0.4, 0.5) is 11.4 Å². The Morgan fingerprint density at radius 3 is 1.68 bits per heavy atom. The smallest absolute Gasteiger partial charge is 0.132 e. The first kappa shape index (κ1) is 11.5. The first-order chi connectivity index (χ1) is 9.38. The SMILES string of the molecule is c1ccc2c(c1)NC(NC1Nc3ccccc3S1)S2. The molecule has 2 aliphatic rings. The molecule has 2 atom stereocenters. The lowest BCUT2D eigenvalue weighted by molar-refractivity contribution is 0.711. The fourth-order valence-corrected chi connectivity index (χ4v) is 4.46. The Hall–Kier alpha value is -1.30. The summed E-state index contributed by atoms with van der Waals surface area (Å²) in [7, 11) is 0. The summed E-state index contributed by atoms with van der Waals surface area (Å²) in [4.78, 5) is 2.61. The van der Waals surface area contributed by atoms with Gasteiger partial charge in [0.05, 0.1) is 0 Å². The quantitative estimate of drug-likeness (QED) is 0.787. The molecule has 4 rings (SSSR count). The van der Waals surface area contributed by atoms with Crippen LogP contribution < -0.4 is 16.0 Å². The highest BCUT2D eigenvalue weighted by molar-refractivity contribution is 8.01. The summed E-state index contributed by atoms with van der Waals surface area (Å²) < 4.78 is 0. The highest BCUT2D eigenvalue weighted by atomic mass is 32.2. The Balaban J connectivity index is 1.43. The summed E-state index contributed by atoms with van der Waals surface area (Å²) in [5.74, 6) is 0. The molecule has 0 bridgehead atoms. The van der Waals surface area contributed by atoms with E-state index in [1.165, 1.54) is 21.2 Å². The monoisotopic (exact) mass is 287 g/mol. The predicted molar refractivity (Wildman–Crippen MR) is 82.6 cm³/mol. The van der Waals surface area contributed by atoms with E-state index in [2.05, 4.69) is 64.5 Å². The summed E-state index contributed by atoms with van der Waals surface area (Å²) in [6.07, 6.45) is 0. The minimum absolute atomic E-state index is 0.219. The molecule has 5 heteroatoms. The summed E-state index contributed by atoms with van der Waals surface area (Å²) in [5, 5.41) is 10.5. The van der Waals surface area contributed by atoms with E-state index >= 15 is 0 Å². The zero-order valence-electron chi connectivity index (χ0n) is 10.1. The third-order valence-electron chi connectivity index (χ3n) is 3.14. The maximum absolute atomic E-state index is 3.58. The van der Waals surface area contributed by atoms with Crippen LogP contribution in [0.3, 0.4) is 0 Å². The van der Waals surface area contributed by atoms with Crippen LogP contribution in [0.15, 0.2) is 58.3 Å². The molecular weight excluding hydrogens is 274 g/mol. The molecular formula is C14H13N3S2. The fraction of sp³-hybridized carbons (Fsp3) is 0.143. The molecule has 0 aromatic heterocycles. The molecule has 3 nitrogen and oxygen atoms in total. The first-order valence-corrected chi connectivity index (χ1v) is 7.95. The molecule has 0 fully saturated rings. The van der Waals surface area contributed by atoms with Gasteiger partial charge in [0, 0.05) is 21.2 Å². The van der Waals surface area contributed by atoms with Crippen molar-refractivity contribution in [2.45, 2.75) is 20.8 Å². The topological polar surface area (TPSA) is 36.1 Å². The van der Waals surface area contributed by atoms with Crippen LogP contribution >= 0.6 is 23.5 Å². The highest BCUT2D eigenvalue weighted by Gasteiger charge is 2.27. The molecule has 0 spiro atoms. The van der Waals surface area contributed by atoms with Crippen LogP contribution in [0.1, 0.15) is 0 Å². The number of thioether (sulfide) groups is 2. The number of anilines is 2. The minimum Gasteiger partial charge on any atom is -0.360 e. The molecule has 3 N–H and O–H groups in total. The van der Waals surface area contributed by atoms with Gasteiger partial charge in [-0.05, 0) is 24.3 Å². The average Bonchev–Trinajstić information content (AvgIpc) is 3.00. The van der Waals surface area contributed by atoms with E-state index in [9.17, 15) is 0 Å². The third-order valence-corrected chi connectivity index (χ3v) is 5.34. The van der Waals surface area contributed by atoms with Crippen LogP contribution in [0.2, 0.25) is 0 Å². The van der Waals surface area contributed by atoms with Crippen molar-refractivity contribution in [2.75, 3.05) is 10.6 Å². The highest BCUT2D eigenvalue weighted by Crippen LogP contribution is 2.40. The summed E-state index contributed by atoms with van der Waals surface area (Å²) in [6, 6.07) is 16.8. The zero-order chi connectivity index (χ0) is 12.7. The number of hydrogen-bond acceptors (Lipinski definition) is 5. The Labute approximate surface area is 120 Å². The predicted octanol–water partition coefficient (Wildman–Crippen LogP) is 3.58. The molecule has 19 heavy (non-hydrogen) atoms. The van der Waals surface area contributed by atoms with Gasteiger partial charge in [-0.1, -0.05) is 47.8 Å². The van der Waals surface area contributed by atoms with Gasteiger partial charge in [0.25, 0.3) is 0 Å². The molecule has 2 heterocycles. The average molecular weight is 287 g/mol. The van der Waals surface area contributed by atoms with Crippen LogP contribution in [0, 0.1) is 0 Å². The normalized spacial score (nSPS) is 23.4. The summed E-state index contributed by atoms with van der Waals surface area (Å²) in [6.45, 7) is 0. The lowest BCUT2D eigenvalue weighted by Crippen LogP contribution is -2.40. The van der Waals surface area contributed by atoms with Gasteiger partial charge < -0.3 is 10.6 Å². The number of benzene rings is 2. The van der Waals surface area contributed by atoms with Gasteiger partial charge in [-0.2, -0.15) is 0 Å². The number of hydrogen-bond donors (Lipinski definition) is 3. The van der Waals surface area contributed by atoms with Crippen molar-refractivity contribution >= 4 is 34.9 Å². The van der Waals surface area contributed by atoms with Crippen molar-refractivity contribution in [1.82, 2.24) is 5.32 Å². The van der Waals surface area contributed by atoms with Crippen molar-refractivity contribution in [2.24, 2.45) is 0 Å². The number of nitrogens with one attached hydrogen (secondary N) is 3. The van der Waals surface area contributed by atoms with E-state index in [4.69, 9.17) is 0 Å². The fourth-order valence-electron chi connectivity index (χ4n) is 2.26. The van der Waals surface area contributed by atoms with Crippen molar-refractivity contribution in [3.05, 3.63) is 48.5 Å². The van der Waals surface area contributed by atoms with E-state index in [1.54, 1.807) is 0 Å². The van der Waals surface area contributed by atoms with Gasteiger partial charge in [-0.3, -0.25) is 5.32 Å². The lowest BCUT2D eigenvalue weighted by atomic mass is 10.3. The first-order valence-electron chi connectivity index (χ1n) is 6.19. The van der Waals surface area contributed by atoms with E-state index in [0.717, 1.165) is 0 Å². The van der Waals surface area contributed by atoms with Gasteiger partial charge in [-0.25, -0.2) is 0 Å². The Morgan fingerprint density at radius 2 is 1.21 bits per heavy atom. The van der Waals surface area contributed by atoms with Gasteiger partial charge in [0.2, 0.25) is 0 Å². The largest absolute Gasteiger partial charge is 0.360 e. The van der Waals surface area contributed by atoms with Crippen molar-refractivity contribution in [1.29, 1.82) is 0 Å². The van der Waals surface area contributed by atoms with Gasteiger partial charge in [-0.15, -0.1) is 0 Å². The molecule has 0 amide bonds. The molecule has 0 aliphatic carbocycles. The number of fused-ring (bicyclic) bond motifs is 2. The van der Waals surface area contributed by atoms with Crippen LogP contribution in [0.25, 0.3) is 0 Å². The number of rotatable bonds is 2. The van der Waals surface area contributed by atoms with E-state index < -0.39 is 0 Å². The van der Waals surface area contributed by atoms with Crippen molar-refractivity contribution in [3.63, 3.8) is 0 Å². The third kappa shape index (κ3) is 2.18. The minimum atomic E-state index is 0.219. The second-order valence-corrected chi connectivity index (χ2v) is 6.74. The maximum Gasteiger partial charge on any atom is 0.132 e. The van der Waals surface area contributed by atoms with E-state index in [1.807, 2.05) is 23.5 Å². The maximum atomic E-state index is 3.58. The van der Waals surface area contributed by atoms with Crippen LogP contribution in [-0.2, 0) is 0 Å². The van der Waals surface area contributed by atoms with Crippen molar-refractivity contribution in [3.8, 4) is 0 Å². The molecule has 2 aromatic rings. The van der Waals surface area contributed by atoms with Crippen molar-refractivity contribution < 1.29 is 0 Å². The Bertz CT molecular complexity index is 514. The summed E-state index contributed by atoms with van der Waals surface area (Å²) >= 11 is 3.65. The molecule has 0 saturated carbocycles. The number of para-hydroxylation sites is 2. The second kappa shape index (κ2) is 4.67. The Kier molecular flexibility index (Phi) is 2.83. The second-order valence-electron chi connectivity index (χ2n) is 4.44. The van der Waals surface area contributed by atoms with Gasteiger partial charge in [0.15, 0.2) is 0 Å². The Morgan fingerprint density at radius 1 is 0.737 bits per heavy atom. The molecule has 2 aromatic carbocycles. The molecule has 2 unspecified atom stereocenters. The van der Waals surface area contributed by atoms with E-state index in [-0.39, 0.29) is 11.0 Å². The molecule has 0 saturated heterocycles. The van der Waals surface area contributed by atoms with Gasteiger partial charge >= 0.3 is 0 Å². The van der Waals surface area contributed by atoms with Crippen LogP contribution in [-0.4, -0.2) is 11.0 Å². The summed E-state index contributed by atoms with van der Waals surface area (Å²) in [5.41, 5.74) is 2.87. The molecule has 96 valence electrons. The lowest BCUT2D eigenvalue weighted by Gasteiger charge is -2.18. The van der Waals surface area contributed by atoms with Crippen LogP contribution in [0.5, 0.6) is 0 Å². The molecule has 0 radical (unpaired) electrons. The standard InChI is InChI=1S/C14H13N3S2/c1-3-7-11-9(5-1)15-13(18-11)17-14-16-10-6-2-4-8-12(10)19-14/h1-8,13-17H.